The zero-order chi connectivity index (χ0) is 25.0. The van der Waals surface area contributed by atoms with Gasteiger partial charge in [-0.1, -0.05) is 61.5 Å². The van der Waals surface area contributed by atoms with E-state index in [4.69, 9.17) is 4.84 Å². The van der Waals surface area contributed by atoms with Crippen LogP contribution in [0.5, 0.6) is 0 Å². The van der Waals surface area contributed by atoms with Crippen LogP contribution in [0, 0.1) is 5.41 Å². The Morgan fingerprint density at radius 3 is 1.76 bits per heavy atom. The van der Waals surface area contributed by atoms with Gasteiger partial charge >= 0.3 is 0 Å². The van der Waals surface area contributed by atoms with Gasteiger partial charge in [0.1, 0.15) is 0 Å². The van der Waals surface area contributed by atoms with E-state index in [-0.39, 0.29) is 27.3 Å². The van der Waals surface area contributed by atoms with Gasteiger partial charge in [-0.05, 0) is 92.9 Å². The number of nitrogens with zero attached hydrogens (tertiary/aromatic N) is 2. The molecule has 1 atom stereocenters. The highest BCUT2D eigenvalue weighted by atomic mass is 16.7. The number of anilines is 1. The molecule has 3 rings (SSSR count). The maximum atomic E-state index is 6.73. The number of benzene rings is 1. The van der Waals surface area contributed by atoms with E-state index in [0.29, 0.717) is 6.04 Å². The lowest BCUT2D eigenvalue weighted by Gasteiger charge is -2.51. The minimum absolute atomic E-state index is 0.0757. The first-order valence-corrected chi connectivity index (χ1v) is 13.2. The van der Waals surface area contributed by atoms with Gasteiger partial charge in [-0.2, -0.15) is 5.06 Å². The van der Waals surface area contributed by atoms with E-state index in [2.05, 4.69) is 111 Å². The van der Waals surface area contributed by atoms with Gasteiger partial charge in [-0.25, -0.2) is 0 Å². The van der Waals surface area contributed by atoms with Crippen LogP contribution < -0.4 is 4.90 Å². The average Bonchev–Trinajstić information content (AvgIpc) is 2.93. The molecule has 188 valence electrons. The Kier molecular flexibility index (Phi) is 6.88. The first kappa shape index (κ1) is 26.5. The van der Waals surface area contributed by atoms with Crippen LogP contribution in [0.1, 0.15) is 120 Å². The molecule has 2 heterocycles. The fourth-order valence-corrected chi connectivity index (χ4v) is 5.98. The van der Waals surface area contributed by atoms with Crippen molar-refractivity contribution in [2.45, 2.75) is 137 Å². The summed E-state index contributed by atoms with van der Waals surface area (Å²) in [5, 5.41) is 2.33. The second-order valence-corrected chi connectivity index (χ2v) is 15.0. The van der Waals surface area contributed by atoms with Crippen molar-refractivity contribution in [3.05, 3.63) is 29.3 Å². The first-order chi connectivity index (χ1) is 14.8. The van der Waals surface area contributed by atoms with Crippen LogP contribution in [0.25, 0.3) is 0 Å². The number of piperidine rings is 1. The summed E-state index contributed by atoms with van der Waals surface area (Å²) in [6, 6.07) is 7.70. The summed E-state index contributed by atoms with van der Waals surface area (Å²) >= 11 is 0. The predicted molar refractivity (Wildman–Crippen MR) is 143 cm³/mol. The van der Waals surface area contributed by atoms with E-state index in [0.717, 1.165) is 19.6 Å². The molecule has 1 unspecified atom stereocenters. The van der Waals surface area contributed by atoms with Crippen LogP contribution >= 0.6 is 0 Å². The average molecular weight is 457 g/mol. The quantitative estimate of drug-likeness (QED) is 0.458. The van der Waals surface area contributed by atoms with E-state index in [1.165, 1.54) is 36.1 Å². The van der Waals surface area contributed by atoms with Crippen molar-refractivity contribution >= 4 is 5.69 Å². The minimum atomic E-state index is 0.0757. The monoisotopic (exact) mass is 456 g/mol. The molecule has 0 bridgehead atoms. The van der Waals surface area contributed by atoms with Crippen LogP contribution in [-0.2, 0) is 15.7 Å². The molecule has 2 aliphatic rings. The maximum absolute atomic E-state index is 6.73. The van der Waals surface area contributed by atoms with Gasteiger partial charge in [0.2, 0.25) is 0 Å². The van der Waals surface area contributed by atoms with Crippen LogP contribution in [0.2, 0.25) is 0 Å². The van der Waals surface area contributed by atoms with Crippen LogP contribution in [0.15, 0.2) is 18.2 Å². The predicted octanol–water partition coefficient (Wildman–Crippen LogP) is 7.86. The third kappa shape index (κ3) is 5.96. The largest absolute Gasteiger partial charge is 0.366 e. The highest BCUT2D eigenvalue weighted by molar-refractivity contribution is 5.56. The van der Waals surface area contributed by atoms with E-state index in [9.17, 15) is 0 Å². The molecule has 0 saturated carbocycles. The molecule has 33 heavy (non-hydrogen) atoms. The molecule has 0 N–H and O–H groups in total. The first-order valence-electron chi connectivity index (χ1n) is 13.2. The molecule has 2 aliphatic heterocycles. The van der Waals surface area contributed by atoms with Crippen molar-refractivity contribution in [2.24, 2.45) is 5.41 Å². The molecule has 0 amide bonds. The lowest BCUT2D eigenvalue weighted by Crippen LogP contribution is -2.59. The second-order valence-electron chi connectivity index (χ2n) is 15.0. The van der Waals surface area contributed by atoms with Gasteiger partial charge in [0.25, 0.3) is 0 Å². The second kappa shape index (κ2) is 8.55. The summed E-state index contributed by atoms with van der Waals surface area (Å²) in [5.41, 5.74) is 4.89. The van der Waals surface area contributed by atoms with Crippen molar-refractivity contribution < 1.29 is 4.84 Å². The van der Waals surface area contributed by atoms with Crippen LogP contribution in [0.3, 0.4) is 0 Å². The molecule has 0 aromatic heterocycles. The SMILES string of the molecule is CC1(C)CC(CON2C(C)(C)CCCC2(C)C)N(c2cc(C(C)(C)C)cc(C(C)(C)C)c2)C1. The molecule has 0 radical (unpaired) electrons. The minimum Gasteiger partial charge on any atom is -0.366 e. The third-order valence-electron chi connectivity index (χ3n) is 7.88. The highest BCUT2D eigenvalue weighted by Crippen LogP contribution is 2.42. The molecule has 1 aromatic carbocycles. The van der Waals surface area contributed by atoms with Crippen molar-refractivity contribution in [3.8, 4) is 0 Å². The van der Waals surface area contributed by atoms with Gasteiger partial charge in [0, 0.05) is 23.3 Å². The number of rotatable bonds is 4. The topological polar surface area (TPSA) is 15.7 Å². The molecular weight excluding hydrogens is 404 g/mol. The molecule has 2 saturated heterocycles. The lowest BCUT2D eigenvalue weighted by molar-refractivity contribution is -0.282. The van der Waals surface area contributed by atoms with E-state index in [1.54, 1.807) is 0 Å². The Labute approximate surface area is 205 Å². The maximum Gasteiger partial charge on any atom is 0.0889 e. The lowest BCUT2D eigenvalue weighted by atomic mass is 9.80. The standard InChI is InChI=1S/C30H52N2O/c1-26(2,3)22-16-23(27(4,5)6)18-24(17-22)31-21-28(7,8)19-25(31)20-33-32-29(9,10)14-13-15-30(32,11)12/h16-18,25H,13-15,19-21H2,1-12H3. The zero-order valence-electron chi connectivity index (χ0n) is 23.9. The Morgan fingerprint density at radius 1 is 0.818 bits per heavy atom. The highest BCUT2D eigenvalue weighted by Gasteiger charge is 2.44. The van der Waals surface area contributed by atoms with Gasteiger partial charge in [0.15, 0.2) is 0 Å². The summed E-state index contributed by atoms with van der Waals surface area (Å²) in [4.78, 5) is 9.38. The Morgan fingerprint density at radius 2 is 1.30 bits per heavy atom. The van der Waals surface area contributed by atoms with Gasteiger partial charge in [-0.15, -0.1) is 0 Å². The number of hydrogen-bond acceptors (Lipinski definition) is 3. The summed E-state index contributed by atoms with van der Waals surface area (Å²) < 4.78 is 0. The Hall–Kier alpha value is -1.06. The van der Waals surface area contributed by atoms with Crippen LogP contribution in [0.4, 0.5) is 5.69 Å². The van der Waals surface area contributed by atoms with Crippen LogP contribution in [-0.4, -0.2) is 35.3 Å². The molecular formula is C30H52N2O. The molecule has 2 fully saturated rings. The number of hydroxylamine groups is 2. The fraction of sp³-hybridized carbons (Fsp3) is 0.800. The number of hydrogen-bond donors (Lipinski definition) is 0. The van der Waals surface area contributed by atoms with Gasteiger partial charge in [-0.3, -0.25) is 4.84 Å². The zero-order valence-corrected chi connectivity index (χ0v) is 23.9. The van der Waals surface area contributed by atoms with Crippen molar-refractivity contribution in [1.29, 1.82) is 0 Å². The van der Waals surface area contributed by atoms with Crippen molar-refractivity contribution in [3.63, 3.8) is 0 Å². The Bertz CT molecular complexity index is 790. The molecule has 0 spiro atoms. The normalized spacial score (nSPS) is 25.5. The van der Waals surface area contributed by atoms with Crippen molar-refractivity contribution in [1.82, 2.24) is 5.06 Å². The van der Waals surface area contributed by atoms with E-state index in [1.807, 2.05) is 0 Å². The fourth-order valence-electron chi connectivity index (χ4n) is 5.98. The molecule has 3 heteroatoms. The van der Waals surface area contributed by atoms with E-state index >= 15 is 0 Å². The van der Waals surface area contributed by atoms with Crippen molar-refractivity contribution in [2.75, 3.05) is 18.1 Å². The smallest absolute Gasteiger partial charge is 0.0889 e. The molecule has 3 nitrogen and oxygen atoms in total. The van der Waals surface area contributed by atoms with Gasteiger partial charge in [0.05, 0.1) is 12.6 Å². The summed E-state index contributed by atoms with van der Waals surface area (Å²) in [6.07, 6.45) is 4.82. The summed E-state index contributed by atoms with van der Waals surface area (Å²) in [7, 11) is 0. The third-order valence-corrected chi connectivity index (χ3v) is 7.88. The molecule has 0 aliphatic carbocycles. The Balaban J connectivity index is 1.93. The summed E-state index contributed by atoms with van der Waals surface area (Å²) in [5.74, 6) is 0. The van der Waals surface area contributed by atoms with Gasteiger partial charge < -0.3 is 4.90 Å². The summed E-state index contributed by atoms with van der Waals surface area (Å²) in [6.45, 7) is 30.0. The van der Waals surface area contributed by atoms with E-state index < -0.39 is 0 Å². The molecule has 1 aromatic rings.